The van der Waals surface area contributed by atoms with Gasteiger partial charge in [0, 0.05) is 24.2 Å². The third-order valence-electron chi connectivity index (χ3n) is 2.31. The second kappa shape index (κ2) is 4.82. The van der Waals surface area contributed by atoms with E-state index in [1.165, 1.54) is 18.5 Å². The van der Waals surface area contributed by atoms with Gasteiger partial charge in [-0.15, -0.1) is 0 Å². The lowest BCUT2D eigenvalue weighted by atomic mass is 10.1. The van der Waals surface area contributed by atoms with E-state index in [9.17, 15) is 4.79 Å². The van der Waals surface area contributed by atoms with E-state index in [0.29, 0.717) is 10.6 Å². The molecule has 0 saturated heterocycles. The number of carbonyl (C=O) groups excluding carboxylic acids is 1. The van der Waals surface area contributed by atoms with Gasteiger partial charge >= 0.3 is 0 Å². The molecule has 0 aliphatic carbocycles. The highest BCUT2D eigenvalue weighted by Gasteiger charge is 2.16. The predicted molar refractivity (Wildman–Crippen MR) is 66.7 cm³/mol. The summed E-state index contributed by atoms with van der Waals surface area (Å²) in [5.41, 5.74) is 1.51. The molecule has 0 fully saturated rings. The van der Waals surface area contributed by atoms with Crippen molar-refractivity contribution >= 4 is 29.0 Å². The van der Waals surface area contributed by atoms with E-state index in [-0.39, 0.29) is 16.5 Å². The van der Waals surface area contributed by atoms with Crippen LogP contribution in [0, 0.1) is 6.92 Å². The normalized spacial score (nSPS) is 10.3. The maximum atomic E-state index is 12.2. The van der Waals surface area contributed by atoms with Crippen LogP contribution in [-0.2, 0) is 0 Å². The molecular weight excluding hydrogens is 259 g/mol. The molecule has 17 heavy (non-hydrogen) atoms. The minimum atomic E-state index is -0.253. The molecule has 0 radical (unpaired) electrons. The lowest BCUT2D eigenvalue weighted by molar-refractivity contribution is 0.103. The third kappa shape index (κ3) is 2.46. The second-order valence-corrected chi connectivity index (χ2v) is 4.35. The molecule has 0 N–H and O–H groups in total. The van der Waals surface area contributed by atoms with Gasteiger partial charge in [-0.2, -0.15) is 0 Å². The first-order chi connectivity index (χ1) is 8.09. The Labute approximate surface area is 108 Å². The van der Waals surface area contributed by atoms with E-state index in [1.54, 1.807) is 12.3 Å². The van der Waals surface area contributed by atoms with Crippen molar-refractivity contribution in [1.82, 2.24) is 9.97 Å². The minimum absolute atomic E-state index is 0.187. The Bertz CT molecular complexity index is 584. The summed E-state index contributed by atoms with van der Waals surface area (Å²) in [6.45, 7) is 1.83. The molecule has 0 bridgehead atoms. The first-order valence-electron chi connectivity index (χ1n) is 4.86. The molecule has 3 nitrogen and oxygen atoms in total. The topological polar surface area (TPSA) is 42.9 Å². The molecular formula is C12H8Cl2N2O. The Hall–Kier alpha value is -1.45. The smallest absolute Gasteiger partial charge is 0.214 e. The number of ketones is 1. The van der Waals surface area contributed by atoms with Crippen LogP contribution in [0.25, 0.3) is 0 Å². The fourth-order valence-corrected chi connectivity index (χ4v) is 1.88. The van der Waals surface area contributed by atoms with Crippen molar-refractivity contribution in [3.05, 3.63) is 57.6 Å². The lowest BCUT2D eigenvalue weighted by Crippen LogP contribution is -2.07. The number of nitrogens with zero attached hydrogens (tertiary/aromatic N) is 2. The zero-order valence-electron chi connectivity index (χ0n) is 8.95. The Morgan fingerprint density at radius 1 is 1.29 bits per heavy atom. The average Bonchev–Trinajstić information content (AvgIpc) is 2.29. The highest BCUT2D eigenvalue weighted by atomic mass is 35.5. The van der Waals surface area contributed by atoms with Crippen molar-refractivity contribution in [2.24, 2.45) is 0 Å². The van der Waals surface area contributed by atoms with Gasteiger partial charge in [-0.25, -0.2) is 4.98 Å². The first kappa shape index (κ1) is 12.0. The minimum Gasteiger partial charge on any atom is -0.287 e. The van der Waals surface area contributed by atoms with E-state index >= 15 is 0 Å². The number of hydrogen-bond acceptors (Lipinski definition) is 3. The van der Waals surface area contributed by atoms with Crippen LogP contribution >= 0.6 is 23.2 Å². The quantitative estimate of drug-likeness (QED) is 0.784. The number of aryl methyl sites for hydroxylation is 1. The number of aromatic nitrogens is 2. The lowest BCUT2D eigenvalue weighted by Gasteiger charge is -2.05. The molecule has 0 saturated carbocycles. The van der Waals surface area contributed by atoms with Crippen molar-refractivity contribution in [2.45, 2.75) is 6.92 Å². The van der Waals surface area contributed by atoms with Gasteiger partial charge in [0.05, 0.1) is 10.0 Å². The molecule has 0 unspecified atom stereocenters. The Morgan fingerprint density at radius 3 is 2.71 bits per heavy atom. The van der Waals surface area contributed by atoms with Crippen molar-refractivity contribution in [1.29, 1.82) is 0 Å². The van der Waals surface area contributed by atoms with Crippen LogP contribution in [0.3, 0.4) is 0 Å². The average molecular weight is 267 g/mol. The number of pyridine rings is 2. The molecule has 86 valence electrons. The van der Waals surface area contributed by atoms with E-state index in [1.807, 2.05) is 6.92 Å². The summed E-state index contributed by atoms with van der Waals surface area (Å²) in [5, 5.41) is 0.639. The van der Waals surface area contributed by atoms with Gasteiger partial charge < -0.3 is 0 Å². The van der Waals surface area contributed by atoms with Gasteiger partial charge in [-0.3, -0.25) is 9.78 Å². The van der Waals surface area contributed by atoms with Crippen LogP contribution in [0.2, 0.25) is 10.0 Å². The summed E-state index contributed by atoms with van der Waals surface area (Å²) in [4.78, 5) is 20.0. The van der Waals surface area contributed by atoms with Crippen LogP contribution in [-0.4, -0.2) is 15.8 Å². The maximum Gasteiger partial charge on any atom is 0.214 e. The van der Waals surface area contributed by atoms with E-state index in [0.717, 1.165) is 5.56 Å². The highest BCUT2D eigenvalue weighted by Crippen LogP contribution is 2.21. The fraction of sp³-hybridized carbons (Fsp3) is 0.0833. The molecule has 2 aromatic rings. The van der Waals surface area contributed by atoms with Crippen LogP contribution in [0.15, 0.2) is 30.7 Å². The summed E-state index contributed by atoms with van der Waals surface area (Å²) in [6, 6.07) is 3.26. The fourth-order valence-electron chi connectivity index (χ4n) is 1.41. The first-order valence-corrected chi connectivity index (χ1v) is 5.61. The molecule has 2 heterocycles. The summed E-state index contributed by atoms with van der Waals surface area (Å²) in [5.74, 6) is -0.253. The summed E-state index contributed by atoms with van der Waals surface area (Å²) < 4.78 is 0. The Kier molecular flexibility index (Phi) is 3.41. The molecule has 0 amide bonds. The van der Waals surface area contributed by atoms with Crippen LogP contribution < -0.4 is 0 Å². The summed E-state index contributed by atoms with van der Waals surface area (Å²) >= 11 is 11.7. The largest absolute Gasteiger partial charge is 0.287 e. The molecule has 2 rings (SSSR count). The number of hydrogen-bond donors (Lipinski definition) is 0. The summed E-state index contributed by atoms with van der Waals surface area (Å²) in [6.07, 6.45) is 4.53. The second-order valence-electron chi connectivity index (χ2n) is 3.50. The van der Waals surface area contributed by atoms with Crippen molar-refractivity contribution in [3.63, 3.8) is 0 Å². The van der Waals surface area contributed by atoms with Gasteiger partial charge in [0.2, 0.25) is 5.78 Å². The van der Waals surface area contributed by atoms with Gasteiger partial charge in [-0.05, 0) is 24.6 Å². The van der Waals surface area contributed by atoms with Crippen molar-refractivity contribution in [3.8, 4) is 0 Å². The van der Waals surface area contributed by atoms with Gasteiger partial charge in [0.1, 0.15) is 5.69 Å². The zero-order chi connectivity index (χ0) is 12.4. The molecule has 5 heteroatoms. The van der Waals surface area contributed by atoms with Crippen molar-refractivity contribution in [2.75, 3.05) is 0 Å². The van der Waals surface area contributed by atoms with Crippen LogP contribution in [0.1, 0.15) is 21.6 Å². The molecule has 0 aromatic carbocycles. The van der Waals surface area contributed by atoms with Gasteiger partial charge in [-0.1, -0.05) is 23.2 Å². The highest BCUT2D eigenvalue weighted by molar-refractivity contribution is 6.37. The number of halogens is 2. The number of carbonyl (C=O) groups is 1. The van der Waals surface area contributed by atoms with Crippen LogP contribution in [0.5, 0.6) is 0 Å². The molecule has 2 aromatic heterocycles. The molecule has 0 aliphatic rings. The zero-order valence-corrected chi connectivity index (χ0v) is 10.5. The molecule has 0 atom stereocenters. The van der Waals surface area contributed by atoms with E-state index in [2.05, 4.69) is 9.97 Å². The maximum absolute atomic E-state index is 12.2. The third-order valence-corrected chi connectivity index (χ3v) is 2.80. The Morgan fingerprint density at radius 2 is 2.06 bits per heavy atom. The molecule has 0 spiro atoms. The van der Waals surface area contributed by atoms with E-state index in [4.69, 9.17) is 23.2 Å². The van der Waals surface area contributed by atoms with Crippen molar-refractivity contribution < 1.29 is 4.79 Å². The van der Waals surface area contributed by atoms with Gasteiger partial charge in [0.15, 0.2) is 0 Å². The van der Waals surface area contributed by atoms with Gasteiger partial charge in [0.25, 0.3) is 0 Å². The standard InChI is InChI=1S/C12H8Cl2N2O/c1-7-2-3-15-6-9(7)12(17)11-10(14)4-8(13)5-16-11/h2-6H,1H3. The summed E-state index contributed by atoms with van der Waals surface area (Å²) in [7, 11) is 0. The Balaban J connectivity index is 2.48. The monoisotopic (exact) mass is 266 g/mol. The SMILES string of the molecule is Cc1ccncc1C(=O)c1ncc(Cl)cc1Cl. The predicted octanol–water partition coefficient (Wildman–Crippen LogP) is 3.32. The van der Waals surface area contributed by atoms with Crippen LogP contribution in [0.4, 0.5) is 0 Å². The molecule has 0 aliphatic heterocycles. The number of rotatable bonds is 2. The van der Waals surface area contributed by atoms with E-state index < -0.39 is 0 Å².